The maximum absolute atomic E-state index is 12.4. The molecule has 1 atom stereocenters. The van der Waals surface area contributed by atoms with Crippen molar-refractivity contribution in [3.63, 3.8) is 0 Å². The highest BCUT2D eigenvalue weighted by molar-refractivity contribution is 5.80. The fourth-order valence-corrected chi connectivity index (χ4v) is 3.48. The van der Waals surface area contributed by atoms with E-state index < -0.39 is 0 Å². The quantitative estimate of drug-likeness (QED) is 0.920. The number of hydrogen-bond donors (Lipinski definition) is 1. The normalized spacial score (nSPS) is 23.2. The Morgan fingerprint density at radius 3 is 2.81 bits per heavy atom. The predicted molar refractivity (Wildman–Crippen MR) is 82.0 cm³/mol. The number of amides is 1. The molecule has 4 nitrogen and oxygen atoms in total. The molecule has 4 rings (SSSR count). The summed E-state index contributed by atoms with van der Waals surface area (Å²) in [6, 6.07) is 8.14. The minimum Gasteiger partial charge on any atom is -0.342 e. The van der Waals surface area contributed by atoms with Gasteiger partial charge in [-0.25, -0.2) is 4.98 Å². The number of fused-ring (bicyclic) bond motifs is 1. The second-order valence-corrected chi connectivity index (χ2v) is 6.39. The molecule has 2 heterocycles. The Hall–Kier alpha value is -1.84. The molecule has 1 aliphatic heterocycles. The van der Waals surface area contributed by atoms with E-state index in [4.69, 9.17) is 4.98 Å². The highest BCUT2D eigenvalue weighted by atomic mass is 16.2. The lowest BCUT2D eigenvalue weighted by molar-refractivity contribution is -0.139. The van der Waals surface area contributed by atoms with E-state index >= 15 is 0 Å². The SMILES string of the molecule is O=C(C1CCC1)N1CCCC(c2nc3ccccc3[nH]2)C1. The van der Waals surface area contributed by atoms with Gasteiger partial charge in [-0.1, -0.05) is 18.6 Å². The van der Waals surface area contributed by atoms with Gasteiger partial charge in [-0.3, -0.25) is 4.79 Å². The average Bonchev–Trinajstić information content (AvgIpc) is 2.89. The molecule has 1 aromatic heterocycles. The van der Waals surface area contributed by atoms with Crippen LogP contribution in [-0.4, -0.2) is 33.9 Å². The molecule has 0 radical (unpaired) electrons. The molecule has 0 bridgehead atoms. The Kier molecular flexibility index (Phi) is 3.17. The summed E-state index contributed by atoms with van der Waals surface area (Å²) in [6.45, 7) is 1.75. The summed E-state index contributed by atoms with van der Waals surface area (Å²) in [4.78, 5) is 22.6. The van der Waals surface area contributed by atoms with E-state index in [1.165, 1.54) is 6.42 Å². The van der Waals surface area contributed by atoms with Gasteiger partial charge in [0.05, 0.1) is 11.0 Å². The monoisotopic (exact) mass is 283 g/mol. The summed E-state index contributed by atoms with van der Waals surface area (Å²) in [5, 5.41) is 0. The lowest BCUT2D eigenvalue weighted by Gasteiger charge is -2.36. The van der Waals surface area contributed by atoms with Crippen LogP contribution in [0.4, 0.5) is 0 Å². The standard InChI is InChI=1S/C17H21N3O/c21-17(12-5-3-6-12)20-10-4-7-13(11-20)16-18-14-8-1-2-9-15(14)19-16/h1-2,8-9,12-13H,3-7,10-11H2,(H,18,19). The molecule has 1 N–H and O–H groups in total. The smallest absolute Gasteiger partial charge is 0.225 e. The van der Waals surface area contributed by atoms with Crippen molar-refractivity contribution in [2.45, 2.75) is 38.0 Å². The van der Waals surface area contributed by atoms with Crippen LogP contribution in [0.2, 0.25) is 0 Å². The van der Waals surface area contributed by atoms with Crippen LogP contribution in [0.15, 0.2) is 24.3 Å². The fraction of sp³-hybridized carbons (Fsp3) is 0.529. The van der Waals surface area contributed by atoms with Crippen molar-refractivity contribution in [1.29, 1.82) is 0 Å². The lowest BCUT2D eigenvalue weighted by Crippen LogP contribution is -2.44. The van der Waals surface area contributed by atoms with Crippen LogP contribution in [0.1, 0.15) is 43.8 Å². The highest BCUT2D eigenvalue weighted by Gasteiger charge is 2.33. The number of aromatic amines is 1. The minimum absolute atomic E-state index is 0.305. The number of hydrogen-bond acceptors (Lipinski definition) is 2. The molecule has 1 saturated carbocycles. The molecule has 0 spiro atoms. The molecule has 1 aliphatic carbocycles. The first-order valence-corrected chi connectivity index (χ1v) is 8.05. The van der Waals surface area contributed by atoms with Crippen molar-refractivity contribution in [2.24, 2.45) is 5.92 Å². The lowest BCUT2D eigenvalue weighted by atomic mass is 9.83. The average molecular weight is 283 g/mol. The van der Waals surface area contributed by atoms with Gasteiger partial charge >= 0.3 is 0 Å². The van der Waals surface area contributed by atoms with Crippen molar-refractivity contribution in [3.8, 4) is 0 Å². The van der Waals surface area contributed by atoms with Crippen LogP contribution in [0.5, 0.6) is 0 Å². The zero-order valence-electron chi connectivity index (χ0n) is 12.2. The third-order valence-corrected chi connectivity index (χ3v) is 4.98. The zero-order valence-corrected chi connectivity index (χ0v) is 12.2. The van der Waals surface area contributed by atoms with Gasteiger partial charge in [-0.05, 0) is 37.8 Å². The van der Waals surface area contributed by atoms with E-state index in [-0.39, 0.29) is 0 Å². The van der Waals surface area contributed by atoms with Crippen molar-refractivity contribution >= 4 is 16.9 Å². The van der Waals surface area contributed by atoms with Crippen molar-refractivity contribution < 1.29 is 4.79 Å². The van der Waals surface area contributed by atoms with Gasteiger partial charge in [0.1, 0.15) is 5.82 Å². The van der Waals surface area contributed by atoms with Gasteiger partial charge in [-0.15, -0.1) is 0 Å². The summed E-state index contributed by atoms with van der Waals surface area (Å²) in [6.07, 6.45) is 5.60. The number of rotatable bonds is 2. The Balaban J connectivity index is 1.53. The number of imidazole rings is 1. The molecule has 2 aromatic rings. The van der Waals surface area contributed by atoms with Crippen molar-refractivity contribution in [1.82, 2.24) is 14.9 Å². The molecule has 1 amide bonds. The highest BCUT2D eigenvalue weighted by Crippen LogP contribution is 2.32. The molecule has 2 aliphatic rings. The number of nitrogens with zero attached hydrogens (tertiary/aromatic N) is 2. The maximum atomic E-state index is 12.4. The first kappa shape index (κ1) is 12.9. The number of aromatic nitrogens is 2. The number of carbonyl (C=O) groups excluding carboxylic acids is 1. The molecule has 4 heteroatoms. The number of piperidine rings is 1. The summed E-state index contributed by atoms with van der Waals surface area (Å²) < 4.78 is 0. The third-order valence-electron chi connectivity index (χ3n) is 4.98. The van der Waals surface area contributed by atoms with Crippen LogP contribution >= 0.6 is 0 Å². The number of para-hydroxylation sites is 2. The second kappa shape index (κ2) is 5.17. The zero-order chi connectivity index (χ0) is 14.2. The van der Waals surface area contributed by atoms with E-state index in [1.807, 2.05) is 18.2 Å². The first-order valence-electron chi connectivity index (χ1n) is 8.05. The molecular weight excluding hydrogens is 262 g/mol. The van der Waals surface area contributed by atoms with E-state index in [0.717, 1.165) is 55.6 Å². The Labute approximate surface area is 124 Å². The van der Waals surface area contributed by atoms with E-state index in [2.05, 4.69) is 16.0 Å². The van der Waals surface area contributed by atoms with Gasteiger partial charge in [0.2, 0.25) is 5.91 Å². The van der Waals surface area contributed by atoms with E-state index in [1.54, 1.807) is 0 Å². The third kappa shape index (κ3) is 2.33. The van der Waals surface area contributed by atoms with Crippen LogP contribution in [0.25, 0.3) is 11.0 Å². The van der Waals surface area contributed by atoms with Gasteiger partial charge in [0.15, 0.2) is 0 Å². The predicted octanol–water partition coefficient (Wildman–Crippen LogP) is 3.07. The van der Waals surface area contributed by atoms with Crippen LogP contribution < -0.4 is 0 Å². The van der Waals surface area contributed by atoms with Gasteiger partial charge < -0.3 is 9.88 Å². The van der Waals surface area contributed by atoms with Crippen molar-refractivity contribution in [3.05, 3.63) is 30.1 Å². The fourth-order valence-electron chi connectivity index (χ4n) is 3.48. The van der Waals surface area contributed by atoms with E-state index in [9.17, 15) is 4.79 Å². The van der Waals surface area contributed by atoms with Crippen LogP contribution in [0.3, 0.4) is 0 Å². The Morgan fingerprint density at radius 1 is 1.19 bits per heavy atom. The minimum atomic E-state index is 0.305. The number of benzene rings is 1. The summed E-state index contributed by atoms with van der Waals surface area (Å²) >= 11 is 0. The molecule has 2 fully saturated rings. The molecule has 1 saturated heterocycles. The number of likely N-dealkylation sites (tertiary alicyclic amines) is 1. The molecular formula is C17H21N3O. The Morgan fingerprint density at radius 2 is 2.05 bits per heavy atom. The number of nitrogens with one attached hydrogen (secondary N) is 1. The maximum Gasteiger partial charge on any atom is 0.225 e. The van der Waals surface area contributed by atoms with Crippen LogP contribution in [-0.2, 0) is 4.79 Å². The topological polar surface area (TPSA) is 49.0 Å². The van der Waals surface area contributed by atoms with E-state index in [0.29, 0.717) is 17.7 Å². The van der Waals surface area contributed by atoms with Gasteiger partial charge in [0, 0.05) is 24.9 Å². The van der Waals surface area contributed by atoms with Crippen molar-refractivity contribution in [2.75, 3.05) is 13.1 Å². The summed E-state index contributed by atoms with van der Waals surface area (Å²) in [7, 11) is 0. The summed E-state index contributed by atoms with van der Waals surface area (Å²) in [5.41, 5.74) is 2.12. The molecule has 1 unspecified atom stereocenters. The molecule has 1 aromatic carbocycles. The van der Waals surface area contributed by atoms with Gasteiger partial charge in [0.25, 0.3) is 0 Å². The molecule has 110 valence electrons. The Bertz CT molecular complexity index is 626. The second-order valence-electron chi connectivity index (χ2n) is 6.39. The van der Waals surface area contributed by atoms with Gasteiger partial charge in [-0.2, -0.15) is 0 Å². The largest absolute Gasteiger partial charge is 0.342 e. The first-order chi connectivity index (χ1) is 10.3. The summed E-state index contributed by atoms with van der Waals surface area (Å²) in [5.74, 6) is 2.08. The molecule has 21 heavy (non-hydrogen) atoms. The number of H-pyrrole nitrogens is 1. The van der Waals surface area contributed by atoms with Crippen LogP contribution in [0, 0.1) is 5.92 Å². The number of carbonyl (C=O) groups is 1.